The summed E-state index contributed by atoms with van der Waals surface area (Å²) in [5.41, 5.74) is 0.324. The zero-order valence-corrected chi connectivity index (χ0v) is 10.7. The predicted molar refractivity (Wildman–Crippen MR) is 63.9 cm³/mol. The fourth-order valence-electron chi connectivity index (χ4n) is 3.37. The standard InChI is InChI=1S/C13H23NO3/c1-12(14-6-8-15-9-7-14)2-4-13(5-3-12)16-10-11-17-13/h2-11H2,1H3. The molecule has 0 radical (unpaired) electrons. The fourth-order valence-corrected chi connectivity index (χ4v) is 3.37. The molecule has 0 atom stereocenters. The summed E-state index contributed by atoms with van der Waals surface area (Å²) in [5.74, 6) is -0.230. The number of ether oxygens (including phenoxy) is 3. The number of hydrogen-bond donors (Lipinski definition) is 0. The minimum absolute atomic E-state index is 0.230. The second kappa shape index (κ2) is 4.50. The highest BCUT2D eigenvalue weighted by Gasteiger charge is 2.46. The molecule has 1 aliphatic carbocycles. The molecule has 3 aliphatic rings. The minimum Gasteiger partial charge on any atom is -0.379 e. The molecule has 4 heteroatoms. The van der Waals surface area contributed by atoms with E-state index in [2.05, 4.69) is 11.8 Å². The zero-order valence-electron chi connectivity index (χ0n) is 10.7. The summed E-state index contributed by atoms with van der Waals surface area (Å²) in [6.07, 6.45) is 4.43. The van der Waals surface area contributed by atoms with Gasteiger partial charge in [-0.15, -0.1) is 0 Å². The lowest BCUT2D eigenvalue weighted by Crippen LogP contribution is -2.55. The van der Waals surface area contributed by atoms with Crippen molar-refractivity contribution in [2.45, 2.75) is 43.9 Å². The number of nitrogens with zero attached hydrogens (tertiary/aromatic N) is 1. The van der Waals surface area contributed by atoms with Crippen LogP contribution in [-0.4, -0.2) is 55.7 Å². The van der Waals surface area contributed by atoms with E-state index in [4.69, 9.17) is 14.2 Å². The van der Waals surface area contributed by atoms with Crippen LogP contribution < -0.4 is 0 Å². The molecule has 2 heterocycles. The third-order valence-electron chi connectivity index (χ3n) is 4.68. The van der Waals surface area contributed by atoms with E-state index in [1.165, 1.54) is 12.8 Å². The van der Waals surface area contributed by atoms with E-state index in [1.807, 2.05) is 0 Å². The maximum absolute atomic E-state index is 5.80. The van der Waals surface area contributed by atoms with E-state index in [9.17, 15) is 0 Å². The molecule has 3 rings (SSSR count). The summed E-state index contributed by atoms with van der Waals surface area (Å²) in [6, 6.07) is 0. The van der Waals surface area contributed by atoms with Gasteiger partial charge in [-0.1, -0.05) is 0 Å². The van der Waals surface area contributed by atoms with Crippen molar-refractivity contribution in [2.75, 3.05) is 39.5 Å². The van der Waals surface area contributed by atoms with Crippen molar-refractivity contribution in [1.29, 1.82) is 0 Å². The van der Waals surface area contributed by atoms with E-state index in [0.29, 0.717) is 5.54 Å². The second-order valence-corrected chi connectivity index (χ2v) is 5.70. The van der Waals surface area contributed by atoms with Crippen molar-refractivity contribution in [2.24, 2.45) is 0 Å². The fraction of sp³-hybridized carbons (Fsp3) is 1.00. The van der Waals surface area contributed by atoms with Gasteiger partial charge in [-0.3, -0.25) is 4.90 Å². The molecule has 17 heavy (non-hydrogen) atoms. The highest BCUT2D eigenvalue weighted by molar-refractivity contribution is 4.96. The molecule has 1 spiro atoms. The summed E-state index contributed by atoms with van der Waals surface area (Å²) < 4.78 is 17.0. The summed E-state index contributed by atoms with van der Waals surface area (Å²) in [7, 11) is 0. The second-order valence-electron chi connectivity index (χ2n) is 5.70. The first kappa shape index (κ1) is 11.9. The van der Waals surface area contributed by atoms with Crippen molar-refractivity contribution < 1.29 is 14.2 Å². The Kier molecular flexibility index (Phi) is 3.15. The predicted octanol–water partition coefficient (Wildman–Crippen LogP) is 1.39. The molecule has 0 amide bonds. The van der Waals surface area contributed by atoms with Gasteiger partial charge in [0.05, 0.1) is 26.4 Å². The smallest absolute Gasteiger partial charge is 0.168 e. The SMILES string of the molecule is CC1(N2CCOCC2)CCC2(CC1)OCCO2. The molecule has 98 valence electrons. The van der Waals surface area contributed by atoms with Crippen LogP contribution in [0.5, 0.6) is 0 Å². The van der Waals surface area contributed by atoms with Crippen molar-refractivity contribution in [3.63, 3.8) is 0 Å². The molecule has 0 bridgehead atoms. The Bertz CT molecular complexity index is 260. The molecule has 2 saturated heterocycles. The van der Waals surface area contributed by atoms with Crippen molar-refractivity contribution in [3.05, 3.63) is 0 Å². The van der Waals surface area contributed by atoms with Gasteiger partial charge in [0.2, 0.25) is 0 Å². The van der Waals surface area contributed by atoms with E-state index in [1.54, 1.807) is 0 Å². The van der Waals surface area contributed by atoms with Gasteiger partial charge in [-0.2, -0.15) is 0 Å². The van der Waals surface area contributed by atoms with Crippen LogP contribution >= 0.6 is 0 Å². The average molecular weight is 241 g/mol. The van der Waals surface area contributed by atoms with Crippen LogP contribution in [-0.2, 0) is 14.2 Å². The lowest BCUT2D eigenvalue weighted by molar-refractivity contribution is -0.195. The molecule has 0 aromatic heterocycles. The largest absolute Gasteiger partial charge is 0.379 e. The molecule has 1 saturated carbocycles. The van der Waals surface area contributed by atoms with Gasteiger partial charge >= 0.3 is 0 Å². The Morgan fingerprint density at radius 2 is 1.41 bits per heavy atom. The normalized spacial score (nSPS) is 33.0. The highest BCUT2D eigenvalue weighted by Crippen LogP contribution is 2.42. The molecular weight excluding hydrogens is 218 g/mol. The third kappa shape index (κ3) is 2.24. The van der Waals surface area contributed by atoms with Gasteiger partial charge in [0.1, 0.15) is 0 Å². The van der Waals surface area contributed by atoms with Gasteiger partial charge in [0.25, 0.3) is 0 Å². The number of hydrogen-bond acceptors (Lipinski definition) is 4. The van der Waals surface area contributed by atoms with Gasteiger partial charge in [-0.05, 0) is 19.8 Å². The van der Waals surface area contributed by atoms with Gasteiger partial charge in [-0.25, -0.2) is 0 Å². The first-order valence-electron chi connectivity index (χ1n) is 6.83. The lowest BCUT2D eigenvalue weighted by atomic mass is 9.78. The molecule has 3 fully saturated rings. The lowest BCUT2D eigenvalue weighted by Gasteiger charge is -2.49. The third-order valence-corrected chi connectivity index (χ3v) is 4.68. The summed E-state index contributed by atoms with van der Waals surface area (Å²) in [6.45, 7) is 7.85. The Hall–Kier alpha value is -0.160. The van der Waals surface area contributed by atoms with Crippen molar-refractivity contribution in [1.82, 2.24) is 4.90 Å². The van der Waals surface area contributed by atoms with Crippen molar-refractivity contribution >= 4 is 0 Å². The van der Waals surface area contributed by atoms with Crippen LogP contribution in [0.25, 0.3) is 0 Å². The van der Waals surface area contributed by atoms with Gasteiger partial charge < -0.3 is 14.2 Å². The minimum atomic E-state index is -0.230. The van der Waals surface area contributed by atoms with Crippen molar-refractivity contribution in [3.8, 4) is 0 Å². The Labute approximate surface area is 103 Å². The van der Waals surface area contributed by atoms with Crippen LogP contribution in [0.2, 0.25) is 0 Å². The monoisotopic (exact) mass is 241 g/mol. The van der Waals surface area contributed by atoms with Crippen LogP contribution in [0, 0.1) is 0 Å². The first-order chi connectivity index (χ1) is 8.23. The maximum atomic E-state index is 5.80. The summed E-state index contributed by atoms with van der Waals surface area (Å²) >= 11 is 0. The Morgan fingerprint density at radius 1 is 0.824 bits per heavy atom. The quantitative estimate of drug-likeness (QED) is 0.694. The molecular formula is C13H23NO3. The zero-order chi connectivity index (χ0) is 11.8. The molecule has 0 aromatic carbocycles. The van der Waals surface area contributed by atoms with Crippen LogP contribution in [0.15, 0.2) is 0 Å². The summed E-state index contributed by atoms with van der Waals surface area (Å²) in [4.78, 5) is 2.60. The molecule has 0 aromatic rings. The number of rotatable bonds is 1. The van der Waals surface area contributed by atoms with Crippen LogP contribution in [0.3, 0.4) is 0 Å². The van der Waals surface area contributed by atoms with E-state index >= 15 is 0 Å². The molecule has 4 nitrogen and oxygen atoms in total. The number of morpholine rings is 1. The highest BCUT2D eigenvalue weighted by atomic mass is 16.7. The van der Waals surface area contributed by atoms with E-state index in [0.717, 1.165) is 52.4 Å². The van der Waals surface area contributed by atoms with Crippen LogP contribution in [0.4, 0.5) is 0 Å². The molecule has 0 unspecified atom stereocenters. The maximum Gasteiger partial charge on any atom is 0.168 e. The topological polar surface area (TPSA) is 30.9 Å². The Balaban J connectivity index is 1.62. The molecule has 0 N–H and O–H groups in total. The van der Waals surface area contributed by atoms with Gasteiger partial charge in [0, 0.05) is 31.5 Å². The summed E-state index contributed by atoms with van der Waals surface area (Å²) in [5, 5.41) is 0. The first-order valence-corrected chi connectivity index (χ1v) is 6.83. The Morgan fingerprint density at radius 3 is 2.00 bits per heavy atom. The average Bonchev–Trinajstić information content (AvgIpc) is 2.84. The van der Waals surface area contributed by atoms with E-state index < -0.39 is 0 Å². The van der Waals surface area contributed by atoms with Gasteiger partial charge in [0.15, 0.2) is 5.79 Å². The molecule has 2 aliphatic heterocycles. The van der Waals surface area contributed by atoms with E-state index in [-0.39, 0.29) is 5.79 Å². The van der Waals surface area contributed by atoms with Crippen LogP contribution in [0.1, 0.15) is 32.6 Å².